The fraction of sp³-hybridized carbons (Fsp3) is 0.500. The summed E-state index contributed by atoms with van der Waals surface area (Å²) in [6.45, 7) is 3.31. The van der Waals surface area contributed by atoms with E-state index in [2.05, 4.69) is 17.0 Å². The van der Waals surface area contributed by atoms with E-state index < -0.39 is 0 Å². The highest BCUT2D eigenvalue weighted by Crippen LogP contribution is 2.20. The molecule has 3 heteroatoms. The van der Waals surface area contributed by atoms with Crippen LogP contribution in [0.4, 0.5) is 0 Å². The summed E-state index contributed by atoms with van der Waals surface area (Å²) in [5.74, 6) is 0.913. The Balaban J connectivity index is 2.77. The second-order valence-corrected chi connectivity index (χ2v) is 3.72. The van der Waals surface area contributed by atoms with Crippen LogP contribution in [0, 0.1) is 0 Å². The molecule has 84 valence electrons. The summed E-state index contributed by atoms with van der Waals surface area (Å²) in [4.78, 5) is 2.12. The van der Waals surface area contributed by atoms with E-state index >= 15 is 0 Å². The molecule has 2 N–H and O–H groups in total. The molecule has 1 aromatic rings. The van der Waals surface area contributed by atoms with E-state index in [4.69, 9.17) is 10.5 Å². The lowest BCUT2D eigenvalue weighted by Crippen LogP contribution is -2.27. The molecule has 0 unspecified atom stereocenters. The third-order valence-electron chi connectivity index (χ3n) is 2.42. The summed E-state index contributed by atoms with van der Waals surface area (Å²) < 4.78 is 5.39. The van der Waals surface area contributed by atoms with Gasteiger partial charge >= 0.3 is 0 Å². The molecule has 3 nitrogen and oxygen atoms in total. The average Bonchev–Trinajstić information content (AvgIpc) is 2.21. The van der Waals surface area contributed by atoms with Gasteiger partial charge in [-0.1, -0.05) is 12.1 Å². The van der Waals surface area contributed by atoms with Crippen LogP contribution in [0.3, 0.4) is 0 Å². The summed E-state index contributed by atoms with van der Waals surface area (Å²) in [7, 11) is 4.07. The van der Waals surface area contributed by atoms with Crippen LogP contribution in [-0.2, 0) is 0 Å². The summed E-state index contributed by atoms with van der Waals surface area (Å²) in [5, 5.41) is 0. The number of benzene rings is 1. The summed E-state index contributed by atoms with van der Waals surface area (Å²) in [6, 6.07) is 8.40. The molecule has 0 bridgehead atoms. The predicted molar refractivity (Wildman–Crippen MR) is 63.1 cm³/mol. The fourth-order valence-corrected chi connectivity index (χ4v) is 1.60. The minimum atomic E-state index is 0.278. The van der Waals surface area contributed by atoms with Gasteiger partial charge in [0, 0.05) is 12.6 Å². The van der Waals surface area contributed by atoms with Crippen molar-refractivity contribution < 1.29 is 4.74 Å². The molecule has 0 aromatic heterocycles. The molecule has 0 saturated carbocycles. The van der Waals surface area contributed by atoms with Crippen molar-refractivity contribution in [2.75, 3.05) is 27.2 Å². The van der Waals surface area contributed by atoms with Crippen LogP contribution < -0.4 is 10.5 Å². The van der Waals surface area contributed by atoms with Crippen LogP contribution in [0.5, 0.6) is 5.75 Å². The Kier molecular flexibility index (Phi) is 4.59. The Bertz CT molecular complexity index is 282. The zero-order valence-corrected chi connectivity index (χ0v) is 9.73. The Hall–Kier alpha value is -1.06. The van der Waals surface area contributed by atoms with Gasteiger partial charge in [-0.2, -0.15) is 0 Å². The molecule has 1 aromatic carbocycles. The average molecular weight is 208 g/mol. The largest absolute Gasteiger partial charge is 0.494 e. The molecule has 1 rings (SSSR count). The van der Waals surface area contributed by atoms with E-state index in [0.29, 0.717) is 13.2 Å². The normalized spacial score (nSPS) is 12.9. The van der Waals surface area contributed by atoms with Gasteiger partial charge in [0.15, 0.2) is 0 Å². The topological polar surface area (TPSA) is 38.5 Å². The second kappa shape index (κ2) is 5.73. The first kappa shape index (κ1) is 12.0. The minimum Gasteiger partial charge on any atom is -0.494 e. The highest BCUT2D eigenvalue weighted by atomic mass is 16.5. The van der Waals surface area contributed by atoms with Gasteiger partial charge in [0.1, 0.15) is 5.75 Å². The van der Waals surface area contributed by atoms with Crippen LogP contribution >= 0.6 is 0 Å². The molecule has 0 aliphatic rings. The first-order valence-electron chi connectivity index (χ1n) is 5.28. The fourth-order valence-electron chi connectivity index (χ4n) is 1.60. The summed E-state index contributed by atoms with van der Waals surface area (Å²) in [5.41, 5.74) is 6.96. The SMILES string of the molecule is CCOc1ccc([C@H](CN)N(C)C)cc1. The third kappa shape index (κ3) is 3.22. The van der Waals surface area contributed by atoms with Gasteiger partial charge in [-0.05, 0) is 38.7 Å². The summed E-state index contributed by atoms with van der Waals surface area (Å²) >= 11 is 0. The number of likely N-dealkylation sites (N-methyl/N-ethyl adjacent to an activating group) is 1. The van der Waals surface area contributed by atoms with Crippen molar-refractivity contribution in [1.82, 2.24) is 4.90 Å². The highest BCUT2D eigenvalue weighted by Gasteiger charge is 2.11. The maximum atomic E-state index is 5.73. The number of rotatable bonds is 5. The highest BCUT2D eigenvalue weighted by molar-refractivity contribution is 5.29. The molecule has 0 heterocycles. The minimum absolute atomic E-state index is 0.278. The lowest BCUT2D eigenvalue weighted by atomic mass is 10.1. The van der Waals surface area contributed by atoms with E-state index in [1.54, 1.807) is 0 Å². The molecule has 0 fully saturated rings. The molecule has 0 amide bonds. The quantitative estimate of drug-likeness (QED) is 0.799. The number of hydrogen-bond acceptors (Lipinski definition) is 3. The van der Waals surface area contributed by atoms with Crippen molar-refractivity contribution in [1.29, 1.82) is 0 Å². The lowest BCUT2D eigenvalue weighted by molar-refractivity contribution is 0.305. The number of hydrogen-bond donors (Lipinski definition) is 1. The monoisotopic (exact) mass is 208 g/mol. The third-order valence-corrected chi connectivity index (χ3v) is 2.42. The van der Waals surface area contributed by atoms with Gasteiger partial charge in [0.25, 0.3) is 0 Å². The van der Waals surface area contributed by atoms with Gasteiger partial charge in [-0.3, -0.25) is 0 Å². The molecule has 0 aliphatic heterocycles. The Morgan fingerprint density at radius 2 is 1.87 bits per heavy atom. The van der Waals surface area contributed by atoms with Crippen LogP contribution in [-0.4, -0.2) is 32.1 Å². The number of nitrogens with two attached hydrogens (primary N) is 1. The molecule has 0 aliphatic carbocycles. The van der Waals surface area contributed by atoms with Crippen molar-refractivity contribution in [2.45, 2.75) is 13.0 Å². The molecular weight excluding hydrogens is 188 g/mol. The van der Waals surface area contributed by atoms with E-state index in [1.807, 2.05) is 33.2 Å². The zero-order valence-electron chi connectivity index (χ0n) is 9.73. The Morgan fingerprint density at radius 1 is 1.27 bits per heavy atom. The maximum absolute atomic E-state index is 5.73. The van der Waals surface area contributed by atoms with Gasteiger partial charge in [0.05, 0.1) is 6.61 Å². The first-order valence-corrected chi connectivity index (χ1v) is 5.28. The van der Waals surface area contributed by atoms with Crippen molar-refractivity contribution in [2.24, 2.45) is 5.73 Å². The van der Waals surface area contributed by atoms with Crippen molar-refractivity contribution in [3.8, 4) is 5.75 Å². The number of ether oxygens (including phenoxy) is 1. The smallest absolute Gasteiger partial charge is 0.119 e. The molecule has 1 atom stereocenters. The molecule has 15 heavy (non-hydrogen) atoms. The Labute approximate surface area is 91.8 Å². The zero-order chi connectivity index (χ0) is 11.3. The molecule has 0 spiro atoms. The predicted octanol–water partition coefficient (Wildman–Crippen LogP) is 1.65. The molecular formula is C12H20N2O. The Morgan fingerprint density at radius 3 is 2.27 bits per heavy atom. The van der Waals surface area contributed by atoms with E-state index in [9.17, 15) is 0 Å². The van der Waals surface area contributed by atoms with Crippen LogP contribution in [0.25, 0.3) is 0 Å². The van der Waals surface area contributed by atoms with Gasteiger partial charge < -0.3 is 15.4 Å². The van der Waals surface area contributed by atoms with Crippen LogP contribution in [0.15, 0.2) is 24.3 Å². The van der Waals surface area contributed by atoms with Gasteiger partial charge in [-0.15, -0.1) is 0 Å². The first-order chi connectivity index (χ1) is 7.19. The van der Waals surface area contributed by atoms with E-state index in [0.717, 1.165) is 5.75 Å². The molecule has 0 radical (unpaired) electrons. The van der Waals surface area contributed by atoms with Crippen LogP contribution in [0.1, 0.15) is 18.5 Å². The standard InChI is InChI=1S/C12H20N2O/c1-4-15-11-7-5-10(6-8-11)12(9-13)14(2)3/h5-8,12H,4,9,13H2,1-3H3/t12-/m0/s1. The van der Waals surface area contributed by atoms with E-state index in [-0.39, 0.29) is 6.04 Å². The van der Waals surface area contributed by atoms with Crippen molar-refractivity contribution in [3.05, 3.63) is 29.8 Å². The van der Waals surface area contributed by atoms with Gasteiger partial charge in [-0.25, -0.2) is 0 Å². The van der Waals surface area contributed by atoms with Crippen molar-refractivity contribution in [3.63, 3.8) is 0 Å². The summed E-state index contributed by atoms with van der Waals surface area (Å²) in [6.07, 6.45) is 0. The van der Waals surface area contributed by atoms with E-state index in [1.165, 1.54) is 5.56 Å². The van der Waals surface area contributed by atoms with Crippen molar-refractivity contribution >= 4 is 0 Å². The second-order valence-electron chi connectivity index (χ2n) is 3.72. The lowest BCUT2D eigenvalue weighted by Gasteiger charge is -2.23. The maximum Gasteiger partial charge on any atom is 0.119 e. The van der Waals surface area contributed by atoms with Gasteiger partial charge in [0.2, 0.25) is 0 Å². The number of nitrogens with zero attached hydrogens (tertiary/aromatic N) is 1. The molecule has 0 saturated heterocycles. The van der Waals surface area contributed by atoms with Crippen LogP contribution in [0.2, 0.25) is 0 Å².